The number of hydrogen-bond donors (Lipinski definition) is 0. The first kappa shape index (κ1) is 16.1. The van der Waals surface area contributed by atoms with E-state index in [-0.39, 0.29) is 24.4 Å². The number of nitrogens with zero attached hydrogens (tertiary/aromatic N) is 1. The van der Waals surface area contributed by atoms with Crippen LogP contribution in [0.3, 0.4) is 0 Å². The number of carbonyl (C=O) groups excluding carboxylic acids is 2. The normalized spacial score (nSPS) is 18.4. The van der Waals surface area contributed by atoms with Crippen molar-refractivity contribution in [3.63, 3.8) is 0 Å². The van der Waals surface area contributed by atoms with Crippen LogP contribution in [0, 0.1) is 0 Å². The van der Waals surface area contributed by atoms with Crippen molar-refractivity contribution < 1.29 is 19.1 Å². The number of methoxy groups -OCH3 is 1. The topological polar surface area (TPSA) is 55.8 Å². The number of halogens is 2. The van der Waals surface area contributed by atoms with Gasteiger partial charge in [0.1, 0.15) is 0 Å². The SMILES string of the molecule is COC(=O)CC1CN(C(=O)c2cc(Cl)cc(Cl)c2)CCO1. The maximum absolute atomic E-state index is 12.4. The molecule has 1 aromatic rings. The number of rotatable bonds is 3. The van der Waals surface area contributed by atoms with Crippen LogP contribution >= 0.6 is 23.2 Å². The zero-order valence-electron chi connectivity index (χ0n) is 11.5. The Bertz CT molecular complexity index is 530. The molecule has 1 heterocycles. The molecule has 1 aromatic carbocycles. The molecule has 7 heteroatoms. The zero-order chi connectivity index (χ0) is 15.4. The summed E-state index contributed by atoms with van der Waals surface area (Å²) in [4.78, 5) is 25.3. The molecule has 1 atom stereocenters. The summed E-state index contributed by atoms with van der Waals surface area (Å²) in [5, 5.41) is 0.815. The summed E-state index contributed by atoms with van der Waals surface area (Å²) >= 11 is 11.8. The van der Waals surface area contributed by atoms with Gasteiger partial charge in [-0.3, -0.25) is 9.59 Å². The summed E-state index contributed by atoms with van der Waals surface area (Å²) < 4.78 is 10.1. The van der Waals surface area contributed by atoms with E-state index in [0.29, 0.717) is 35.3 Å². The standard InChI is InChI=1S/C14H15Cl2NO4/c1-20-13(18)7-12-8-17(2-3-21-12)14(19)9-4-10(15)6-11(16)5-9/h4-6,12H,2-3,7-8H2,1H3. The predicted octanol–water partition coefficient (Wildman–Crippen LogP) is 2.40. The maximum Gasteiger partial charge on any atom is 0.308 e. The molecule has 0 radical (unpaired) electrons. The summed E-state index contributed by atoms with van der Waals surface area (Å²) in [7, 11) is 1.32. The number of benzene rings is 1. The monoisotopic (exact) mass is 331 g/mol. The van der Waals surface area contributed by atoms with Crippen LogP contribution in [-0.2, 0) is 14.3 Å². The van der Waals surface area contributed by atoms with Crippen molar-refractivity contribution in [1.29, 1.82) is 0 Å². The van der Waals surface area contributed by atoms with E-state index in [0.717, 1.165) is 0 Å². The van der Waals surface area contributed by atoms with Gasteiger partial charge in [0.15, 0.2) is 0 Å². The van der Waals surface area contributed by atoms with Crippen molar-refractivity contribution in [3.8, 4) is 0 Å². The van der Waals surface area contributed by atoms with Gasteiger partial charge in [0.2, 0.25) is 0 Å². The molecule has 0 bridgehead atoms. The van der Waals surface area contributed by atoms with Crippen LogP contribution in [0.4, 0.5) is 0 Å². The van der Waals surface area contributed by atoms with Crippen LogP contribution in [0.1, 0.15) is 16.8 Å². The van der Waals surface area contributed by atoms with E-state index in [1.807, 2.05) is 0 Å². The predicted molar refractivity (Wildman–Crippen MR) is 78.7 cm³/mol. The van der Waals surface area contributed by atoms with E-state index >= 15 is 0 Å². The fourth-order valence-corrected chi connectivity index (χ4v) is 2.68. The summed E-state index contributed by atoms with van der Waals surface area (Å²) in [5.74, 6) is -0.544. The lowest BCUT2D eigenvalue weighted by Crippen LogP contribution is -2.46. The Hall–Kier alpha value is -1.30. The second kappa shape index (κ2) is 7.11. The second-order valence-corrected chi connectivity index (χ2v) is 5.56. The highest BCUT2D eigenvalue weighted by molar-refractivity contribution is 6.35. The Morgan fingerprint density at radius 2 is 2.00 bits per heavy atom. The first-order valence-electron chi connectivity index (χ1n) is 6.43. The third-order valence-electron chi connectivity index (χ3n) is 3.16. The van der Waals surface area contributed by atoms with Gasteiger partial charge in [-0.1, -0.05) is 23.2 Å². The zero-order valence-corrected chi connectivity index (χ0v) is 13.0. The molecule has 1 aliphatic heterocycles. The highest BCUT2D eigenvalue weighted by Crippen LogP contribution is 2.21. The van der Waals surface area contributed by atoms with Crippen LogP contribution < -0.4 is 0 Å². The number of morpholine rings is 1. The molecule has 0 saturated carbocycles. The first-order valence-corrected chi connectivity index (χ1v) is 7.19. The first-order chi connectivity index (χ1) is 9.99. The molecule has 1 aliphatic rings. The molecular formula is C14H15Cl2NO4. The molecule has 5 nitrogen and oxygen atoms in total. The molecule has 0 aromatic heterocycles. The van der Waals surface area contributed by atoms with E-state index in [9.17, 15) is 9.59 Å². The fraction of sp³-hybridized carbons (Fsp3) is 0.429. The van der Waals surface area contributed by atoms with Gasteiger partial charge in [-0.2, -0.15) is 0 Å². The number of carbonyl (C=O) groups is 2. The molecule has 114 valence electrons. The maximum atomic E-state index is 12.4. The number of ether oxygens (including phenoxy) is 2. The Kier molecular flexibility index (Phi) is 5.45. The van der Waals surface area contributed by atoms with Crippen molar-refractivity contribution in [2.75, 3.05) is 26.8 Å². The molecule has 2 rings (SSSR count). The minimum Gasteiger partial charge on any atom is -0.469 e. The van der Waals surface area contributed by atoms with Crippen LogP contribution in [-0.4, -0.2) is 49.7 Å². The van der Waals surface area contributed by atoms with E-state index < -0.39 is 0 Å². The molecular weight excluding hydrogens is 317 g/mol. The Balaban J connectivity index is 2.06. The molecule has 21 heavy (non-hydrogen) atoms. The van der Waals surface area contributed by atoms with Gasteiger partial charge in [-0.15, -0.1) is 0 Å². The molecule has 1 saturated heterocycles. The molecule has 0 spiro atoms. The van der Waals surface area contributed by atoms with E-state index in [2.05, 4.69) is 4.74 Å². The Morgan fingerprint density at radius 1 is 1.33 bits per heavy atom. The number of esters is 1. The molecule has 1 fully saturated rings. The second-order valence-electron chi connectivity index (χ2n) is 4.68. The molecule has 1 amide bonds. The lowest BCUT2D eigenvalue weighted by Gasteiger charge is -2.32. The van der Waals surface area contributed by atoms with E-state index in [1.165, 1.54) is 7.11 Å². The van der Waals surface area contributed by atoms with Crippen molar-refractivity contribution >= 4 is 35.1 Å². The van der Waals surface area contributed by atoms with Gasteiger partial charge in [0, 0.05) is 28.7 Å². The van der Waals surface area contributed by atoms with Gasteiger partial charge >= 0.3 is 5.97 Å². The van der Waals surface area contributed by atoms with E-state index in [1.54, 1.807) is 23.1 Å². The molecule has 1 unspecified atom stereocenters. The molecule has 0 aliphatic carbocycles. The van der Waals surface area contributed by atoms with Crippen molar-refractivity contribution in [1.82, 2.24) is 4.90 Å². The van der Waals surface area contributed by atoms with E-state index in [4.69, 9.17) is 27.9 Å². The third kappa shape index (κ3) is 4.33. The van der Waals surface area contributed by atoms with Crippen LogP contribution in [0.2, 0.25) is 10.0 Å². The third-order valence-corrected chi connectivity index (χ3v) is 3.59. The van der Waals surface area contributed by atoms with Crippen molar-refractivity contribution in [2.24, 2.45) is 0 Å². The van der Waals surface area contributed by atoms with Crippen LogP contribution in [0.5, 0.6) is 0 Å². The Labute approximate surface area is 132 Å². The largest absolute Gasteiger partial charge is 0.469 e. The van der Waals surface area contributed by atoms with Crippen LogP contribution in [0.15, 0.2) is 18.2 Å². The van der Waals surface area contributed by atoms with Gasteiger partial charge in [0.25, 0.3) is 5.91 Å². The van der Waals surface area contributed by atoms with Crippen LogP contribution in [0.25, 0.3) is 0 Å². The molecule has 0 N–H and O–H groups in total. The summed E-state index contributed by atoms with van der Waals surface area (Å²) in [5.41, 5.74) is 0.422. The van der Waals surface area contributed by atoms with Gasteiger partial charge in [-0.05, 0) is 18.2 Å². The fourth-order valence-electron chi connectivity index (χ4n) is 2.16. The Morgan fingerprint density at radius 3 is 2.62 bits per heavy atom. The van der Waals surface area contributed by atoms with Crippen molar-refractivity contribution in [3.05, 3.63) is 33.8 Å². The van der Waals surface area contributed by atoms with Gasteiger partial charge in [-0.25, -0.2) is 0 Å². The van der Waals surface area contributed by atoms with Gasteiger partial charge in [0.05, 0.1) is 26.2 Å². The highest BCUT2D eigenvalue weighted by atomic mass is 35.5. The van der Waals surface area contributed by atoms with Crippen molar-refractivity contribution in [2.45, 2.75) is 12.5 Å². The van der Waals surface area contributed by atoms with Gasteiger partial charge < -0.3 is 14.4 Å². The quantitative estimate of drug-likeness (QED) is 0.798. The summed E-state index contributed by atoms with van der Waals surface area (Å²) in [6.07, 6.45) is -0.235. The number of hydrogen-bond acceptors (Lipinski definition) is 4. The average molecular weight is 332 g/mol. The smallest absolute Gasteiger partial charge is 0.308 e. The average Bonchev–Trinajstić information content (AvgIpc) is 2.45. The summed E-state index contributed by atoms with van der Waals surface area (Å²) in [6, 6.07) is 4.71. The lowest BCUT2D eigenvalue weighted by atomic mass is 10.1. The highest BCUT2D eigenvalue weighted by Gasteiger charge is 2.27. The minimum absolute atomic E-state index is 0.122. The summed E-state index contributed by atoms with van der Waals surface area (Å²) in [6.45, 7) is 1.17. The number of amides is 1. The lowest BCUT2D eigenvalue weighted by molar-refractivity contribution is -0.145. The minimum atomic E-state index is -0.361.